The number of hydrogen-bond acceptors (Lipinski definition) is 10. The number of benzene rings is 4. The average Bonchev–Trinajstić information content (AvgIpc) is 3.12. The van der Waals surface area contributed by atoms with E-state index in [1.54, 1.807) is 28.4 Å². The Labute approximate surface area is 292 Å². The maximum Gasteiger partial charge on any atom is 0.308 e. The number of carbonyl (C=O) groups is 1. The summed E-state index contributed by atoms with van der Waals surface area (Å²) < 4.78 is 43.4. The third-order valence-electron chi connectivity index (χ3n) is 10.7. The molecule has 5 aliphatic heterocycles. The summed E-state index contributed by atoms with van der Waals surface area (Å²) in [7, 11) is 8.66. The van der Waals surface area contributed by atoms with Crippen LogP contribution in [0.15, 0.2) is 48.5 Å². The number of rotatable bonds is 5. The summed E-state index contributed by atoms with van der Waals surface area (Å²) in [6, 6.07) is 16.8. The molecule has 9 rings (SSSR count). The molecule has 0 radical (unpaired) electrons. The fourth-order valence-corrected chi connectivity index (χ4v) is 8.20. The van der Waals surface area contributed by atoms with Crippen LogP contribution in [0.2, 0.25) is 0 Å². The van der Waals surface area contributed by atoms with Gasteiger partial charge in [0.25, 0.3) is 0 Å². The van der Waals surface area contributed by atoms with E-state index < -0.39 is 5.97 Å². The third kappa shape index (κ3) is 5.38. The van der Waals surface area contributed by atoms with Gasteiger partial charge < -0.3 is 33.2 Å². The average molecular weight is 679 g/mol. The molecule has 2 atom stereocenters. The van der Waals surface area contributed by atoms with E-state index in [-0.39, 0.29) is 12.1 Å². The number of nitrogens with zero attached hydrogens (tertiary/aromatic N) is 2. The van der Waals surface area contributed by atoms with Crippen LogP contribution in [0, 0.1) is 0 Å². The minimum absolute atomic E-state index is 0.110. The monoisotopic (exact) mass is 678 g/mol. The Morgan fingerprint density at radius 1 is 0.740 bits per heavy atom. The summed E-state index contributed by atoms with van der Waals surface area (Å²) in [5, 5.41) is 0. The molecule has 0 fully saturated rings. The molecule has 0 aromatic heterocycles. The Hall–Kier alpha value is -4.93. The molecule has 0 aliphatic carbocycles. The largest absolute Gasteiger partial charge is 0.493 e. The Morgan fingerprint density at radius 2 is 1.46 bits per heavy atom. The summed E-state index contributed by atoms with van der Waals surface area (Å²) in [5.74, 6) is 4.44. The van der Waals surface area contributed by atoms with Gasteiger partial charge in [0, 0.05) is 49.8 Å². The highest BCUT2D eigenvalue weighted by atomic mass is 16.6. The van der Waals surface area contributed by atoms with Crippen LogP contribution in [0.5, 0.6) is 51.7 Å². The Bertz CT molecular complexity index is 1990. The minimum Gasteiger partial charge on any atom is -0.493 e. The zero-order valence-corrected chi connectivity index (χ0v) is 29.4. The fraction of sp³-hybridized carbons (Fsp3) is 0.375. The van der Waals surface area contributed by atoms with Crippen molar-refractivity contribution in [3.05, 3.63) is 87.5 Å². The van der Waals surface area contributed by atoms with Gasteiger partial charge in [-0.05, 0) is 96.9 Å². The number of likely N-dealkylation sites (N-methyl/N-ethyl adjacent to an activating group) is 1. The molecule has 4 aromatic carbocycles. The summed E-state index contributed by atoms with van der Waals surface area (Å²) >= 11 is 0. The Morgan fingerprint density at radius 3 is 2.16 bits per heavy atom. The normalized spacial score (nSPS) is 19.1. The van der Waals surface area contributed by atoms with Crippen molar-refractivity contribution in [2.75, 3.05) is 48.6 Å². The van der Waals surface area contributed by atoms with Gasteiger partial charge in [-0.25, -0.2) is 0 Å². The first kappa shape index (κ1) is 32.3. The predicted molar refractivity (Wildman–Crippen MR) is 187 cm³/mol. The van der Waals surface area contributed by atoms with Gasteiger partial charge in [0.1, 0.15) is 5.75 Å². The zero-order valence-electron chi connectivity index (χ0n) is 29.4. The topological polar surface area (TPSA) is 88.2 Å². The molecule has 0 N–H and O–H groups in total. The molecule has 0 saturated heterocycles. The van der Waals surface area contributed by atoms with Gasteiger partial charge in [0.15, 0.2) is 34.5 Å². The molecular weight excluding hydrogens is 636 g/mol. The van der Waals surface area contributed by atoms with Gasteiger partial charge >= 0.3 is 5.97 Å². The highest BCUT2D eigenvalue weighted by Gasteiger charge is 2.41. The second-order valence-electron chi connectivity index (χ2n) is 13.4. The number of ether oxygens (including phenoxy) is 7. The number of hydrogen-bond donors (Lipinski definition) is 0. The molecule has 0 unspecified atom stereocenters. The quantitative estimate of drug-likeness (QED) is 0.163. The molecule has 50 heavy (non-hydrogen) atoms. The highest BCUT2D eigenvalue weighted by molar-refractivity contribution is 5.76. The van der Waals surface area contributed by atoms with E-state index in [2.05, 4.69) is 53.2 Å². The van der Waals surface area contributed by atoms with Crippen molar-refractivity contribution in [1.29, 1.82) is 0 Å². The van der Waals surface area contributed by atoms with Crippen LogP contribution in [-0.4, -0.2) is 64.3 Å². The molecule has 0 saturated carbocycles. The van der Waals surface area contributed by atoms with Crippen molar-refractivity contribution >= 4 is 5.97 Å². The van der Waals surface area contributed by atoms with Crippen molar-refractivity contribution < 1.29 is 38.0 Å². The summed E-state index contributed by atoms with van der Waals surface area (Å²) in [4.78, 5) is 17.4. The fourth-order valence-electron chi connectivity index (χ4n) is 8.20. The van der Waals surface area contributed by atoms with Crippen molar-refractivity contribution in [2.24, 2.45) is 0 Å². The van der Waals surface area contributed by atoms with Crippen LogP contribution in [0.25, 0.3) is 0 Å². The van der Waals surface area contributed by atoms with E-state index >= 15 is 0 Å². The molecule has 260 valence electrons. The van der Waals surface area contributed by atoms with Crippen LogP contribution in [0.1, 0.15) is 58.0 Å². The van der Waals surface area contributed by atoms with E-state index in [0.29, 0.717) is 65.4 Å². The lowest BCUT2D eigenvalue weighted by molar-refractivity contribution is -0.132. The standard InChI is InChI=1S/C40H42N2O8/c1-22(43)48-37-28-12-14-42-21-26-19-33(45-4)34-18-25(26)16-31(42)36(28)38(40(47-6)39(37)46-5)50-35-20-29-24(17-32(35)44-3)11-13-41(2)30(29)15-23-7-9-27(49-34)10-8-23/h7-10,17-20,30-31H,11-16,21H2,1-6H3/t30-,31-/m0/s1. The maximum absolute atomic E-state index is 12.5. The number of carbonyl (C=O) groups excluding carboxylic acids is 1. The lowest BCUT2D eigenvalue weighted by atomic mass is 9.82. The number of methoxy groups -OCH3 is 4. The second-order valence-corrected chi connectivity index (χ2v) is 13.4. The molecule has 10 nitrogen and oxygen atoms in total. The smallest absolute Gasteiger partial charge is 0.308 e. The van der Waals surface area contributed by atoms with Gasteiger partial charge in [-0.1, -0.05) is 12.1 Å². The SMILES string of the molecule is COc1cc2c3cc1Oc1ccc(cc1)C[C@H]1c4cc(c(OC)cc4CCN1C)Oc1c(OC)c(OC)c(OC(C)=O)c4c1[C@H](C3)N(CC4)C2. The van der Waals surface area contributed by atoms with E-state index in [1.807, 2.05) is 12.1 Å². The van der Waals surface area contributed by atoms with E-state index in [9.17, 15) is 4.79 Å². The van der Waals surface area contributed by atoms with Gasteiger partial charge in [0.2, 0.25) is 11.5 Å². The summed E-state index contributed by atoms with van der Waals surface area (Å²) in [5.41, 5.74) is 7.71. The lowest BCUT2D eigenvalue weighted by Crippen LogP contribution is -2.40. The van der Waals surface area contributed by atoms with Crippen molar-refractivity contribution in [3.63, 3.8) is 0 Å². The summed E-state index contributed by atoms with van der Waals surface area (Å²) in [6.07, 6.45) is 2.97. The highest BCUT2D eigenvalue weighted by Crippen LogP contribution is 2.57. The maximum atomic E-state index is 12.5. The molecule has 0 amide bonds. The van der Waals surface area contributed by atoms with E-state index in [1.165, 1.54) is 29.2 Å². The van der Waals surface area contributed by atoms with Crippen LogP contribution >= 0.6 is 0 Å². The second kappa shape index (κ2) is 12.8. The van der Waals surface area contributed by atoms with Gasteiger partial charge in [-0.2, -0.15) is 0 Å². The molecular formula is C40H42N2O8. The van der Waals surface area contributed by atoms with Gasteiger partial charge in [0.05, 0.1) is 28.4 Å². The summed E-state index contributed by atoms with van der Waals surface area (Å²) in [6.45, 7) is 3.76. The minimum atomic E-state index is -0.438. The first-order valence-electron chi connectivity index (χ1n) is 17.1. The van der Waals surface area contributed by atoms with Crippen LogP contribution in [-0.2, 0) is 37.0 Å². The number of fused-ring (bicyclic) bond motifs is 2. The van der Waals surface area contributed by atoms with E-state index in [0.717, 1.165) is 48.4 Å². The lowest BCUT2D eigenvalue weighted by Gasteiger charge is -2.43. The van der Waals surface area contributed by atoms with E-state index in [4.69, 9.17) is 33.2 Å². The molecule has 4 aromatic rings. The molecule has 10 heteroatoms. The molecule has 5 aliphatic rings. The van der Waals surface area contributed by atoms with Crippen LogP contribution in [0.3, 0.4) is 0 Å². The first-order chi connectivity index (χ1) is 24.3. The van der Waals surface area contributed by atoms with Crippen LogP contribution in [0.4, 0.5) is 0 Å². The predicted octanol–water partition coefficient (Wildman–Crippen LogP) is 6.97. The molecule has 7 bridgehead atoms. The van der Waals surface area contributed by atoms with Crippen molar-refractivity contribution in [1.82, 2.24) is 9.80 Å². The zero-order chi connectivity index (χ0) is 34.7. The van der Waals surface area contributed by atoms with Gasteiger partial charge in [-0.3, -0.25) is 14.6 Å². The van der Waals surface area contributed by atoms with Crippen molar-refractivity contribution in [2.45, 2.75) is 51.2 Å². The molecule has 5 heterocycles. The first-order valence-corrected chi connectivity index (χ1v) is 17.1. The Kier molecular flexibility index (Phi) is 8.23. The van der Waals surface area contributed by atoms with Crippen LogP contribution < -0.4 is 33.2 Å². The Balaban J connectivity index is 1.40. The van der Waals surface area contributed by atoms with Crippen molar-refractivity contribution in [3.8, 4) is 51.7 Å². The number of esters is 1. The third-order valence-corrected chi connectivity index (χ3v) is 10.7. The molecule has 0 spiro atoms. The van der Waals surface area contributed by atoms with Gasteiger partial charge in [-0.15, -0.1) is 0 Å².